The molecule has 0 unspecified atom stereocenters. The van der Waals surface area contributed by atoms with Gasteiger partial charge in [-0.2, -0.15) is 4.98 Å². The first-order valence-corrected chi connectivity index (χ1v) is 11.0. The maximum Gasteiger partial charge on any atom is 0.345 e. The zero-order chi connectivity index (χ0) is 22.5. The summed E-state index contributed by atoms with van der Waals surface area (Å²) < 4.78 is 0. The van der Waals surface area contributed by atoms with Crippen LogP contribution in [-0.4, -0.2) is 52.1 Å². The van der Waals surface area contributed by atoms with Gasteiger partial charge in [0.1, 0.15) is 5.75 Å². The summed E-state index contributed by atoms with van der Waals surface area (Å²) in [5.74, 6) is 0.0667. The molecule has 0 spiro atoms. The Morgan fingerprint density at radius 3 is 2.72 bits per heavy atom. The highest BCUT2D eigenvalue weighted by atomic mass is 16.3. The number of phenols is 1. The third kappa shape index (κ3) is 5.23. The van der Waals surface area contributed by atoms with E-state index in [4.69, 9.17) is 0 Å². The monoisotopic (exact) mass is 432 g/mol. The number of aryl methyl sites for hydroxylation is 1. The van der Waals surface area contributed by atoms with Gasteiger partial charge in [-0.15, -0.1) is 0 Å². The third-order valence-corrected chi connectivity index (χ3v) is 5.81. The zero-order valence-corrected chi connectivity index (χ0v) is 18.2. The number of aromatic amines is 1. The van der Waals surface area contributed by atoms with Gasteiger partial charge in [0.25, 0.3) is 5.91 Å². The average molecular weight is 433 g/mol. The molecule has 2 aromatic carbocycles. The van der Waals surface area contributed by atoms with E-state index in [2.05, 4.69) is 20.2 Å². The Labute approximate surface area is 187 Å². The number of amides is 1. The van der Waals surface area contributed by atoms with Crippen LogP contribution in [0.4, 0.5) is 0 Å². The van der Waals surface area contributed by atoms with Crippen LogP contribution >= 0.6 is 0 Å². The number of likely N-dealkylation sites (tertiary alicyclic amines) is 1. The number of hydrogen-bond acceptors (Lipinski definition) is 5. The largest absolute Gasteiger partial charge is 0.508 e. The summed E-state index contributed by atoms with van der Waals surface area (Å²) >= 11 is 0. The number of nitrogens with one attached hydrogen (secondary N) is 2. The van der Waals surface area contributed by atoms with Crippen molar-refractivity contribution in [3.8, 4) is 28.3 Å². The normalized spacial score (nSPS) is 13.9. The minimum absolute atomic E-state index is 0.126. The van der Waals surface area contributed by atoms with E-state index in [0.29, 0.717) is 29.1 Å². The predicted molar refractivity (Wildman–Crippen MR) is 125 cm³/mol. The summed E-state index contributed by atoms with van der Waals surface area (Å²) in [7, 11) is 0. The topological polar surface area (TPSA) is 98.3 Å². The Morgan fingerprint density at radius 1 is 1.12 bits per heavy atom. The summed E-state index contributed by atoms with van der Waals surface area (Å²) in [4.78, 5) is 34.1. The van der Waals surface area contributed by atoms with Crippen molar-refractivity contribution in [1.29, 1.82) is 0 Å². The van der Waals surface area contributed by atoms with Crippen LogP contribution in [0.3, 0.4) is 0 Å². The minimum atomic E-state index is -0.472. The number of carbonyl (C=O) groups is 1. The highest BCUT2D eigenvalue weighted by Crippen LogP contribution is 2.26. The summed E-state index contributed by atoms with van der Waals surface area (Å²) in [5, 5.41) is 12.8. The molecule has 1 fully saturated rings. The SMILES string of the molecule is Cc1cc(-c2cc(-c3cccc(C(=O)NCCCN4CCCC4)c3)[nH]c(=O)n2)ccc1O. The number of aromatic nitrogens is 2. The standard InChI is InChI=1S/C25H28N4O3/c1-17-14-19(8-9-23(17)30)22-16-21(27-25(32)28-22)18-6-4-7-20(15-18)24(31)26-10-5-13-29-11-2-3-12-29/h4,6-9,14-16,30H,2-3,5,10-13H2,1H3,(H,26,31)(H,27,28,32). The number of benzene rings is 2. The number of H-pyrrole nitrogens is 1. The molecule has 1 amide bonds. The lowest BCUT2D eigenvalue weighted by Gasteiger charge is -2.14. The van der Waals surface area contributed by atoms with Crippen LogP contribution < -0.4 is 11.0 Å². The van der Waals surface area contributed by atoms with Crippen LogP contribution in [-0.2, 0) is 0 Å². The molecule has 0 radical (unpaired) electrons. The fraction of sp³-hybridized carbons (Fsp3) is 0.320. The zero-order valence-electron chi connectivity index (χ0n) is 18.2. The number of aromatic hydroxyl groups is 1. The van der Waals surface area contributed by atoms with Gasteiger partial charge in [-0.25, -0.2) is 4.79 Å². The first-order chi connectivity index (χ1) is 15.5. The van der Waals surface area contributed by atoms with E-state index >= 15 is 0 Å². The molecule has 4 rings (SSSR count). The molecule has 32 heavy (non-hydrogen) atoms. The highest BCUT2D eigenvalue weighted by molar-refractivity contribution is 5.95. The second-order valence-electron chi connectivity index (χ2n) is 8.23. The van der Waals surface area contributed by atoms with E-state index in [-0.39, 0.29) is 11.7 Å². The number of nitrogens with zero attached hydrogens (tertiary/aromatic N) is 2. The number of rotatable bonds is 7. The molecule has 0 saturated carbocycles. The van der Waals surface area contributed by atoms with Gasteiger partial charge >= 0.3 is 5.69 Å². The molecule has 0 bridgehead atoms. The Balaban J connectivity index is 1.48. The molecule has 1 aliphatic heterocycles. The lowest BCUT2D eigenvalue weighted by atomic mass is 10.0. The molecule has 1 aliphatic rings. The first kappa shape index (κ1) is 21.8. The predicted octanol–water partition coefficient (Wildman–Crippen LogP) is 3.33. The molecule has 3 aromatic rings. The van der Waals surface area contributed by atoms with Crippen LogP contribution in [0.1, 0.15) is 35.2 Å². The second kappa shape index (κ2) is 9.78. The summed E-state index contributed by atoms with van der Waals surface area (Å²) in [6, 6.07) is 14.1. The third-order valence-electron chi connectivity index (χ3n) is 5.81. The van der Waals surface area contributed by atoms with Crippen molar-refractivity contribution in [3.63, 3.8) is 0 Å². The molecule has 0 aliphatic carbocycles. The van der Waals surface area contributed by atoms with E-state index in [1.807, 2.05) is 6.07 Å². The molecular weight excluding hydrogens is 404 g/mol. The number of phenolic OH excluding ortho intramolecular Hbond substituents is 1. The summed E-state index contributed by atoms with van der Waals surface area (Å²) in [6.45, 7) is 5.76. The lowest BCUT2D eigenvalue weighted by molar-refractivity contribution is 0.0952. The number of carbonyl (C=O) groups excluding carboxylic acids is 1. The van der Waals surface area contributed by atoms with Gasteiger partial charge in [0.15, 0.2) is 0 Å². The molecule has 2 heterocycles. The van der Waals surface area contributed by atoms with Crippen molar-refractivity contribution < 1.29 is 9.90 Å². The molecule has 7 nitrogen and oxygen atoms in total. The maximum atomic E-state index is 12.6. The Morgan fingerprint density at radius 2 is 1.94 bits per heavy atom. The van der Waals surface area contributed by atoms with E-state index < -0.39 is 5.69 Å². The molecule has 7 heteroatoms. The first-order valence-electron chi connectivity index (χ1n) is 11.0. The van der Waals surface area contributed by atoms with Crippen molar-refractivity contribution >= 4 is 5.91 Å². The van der Waals surface area contributed by atoms with Crippen molar-refractivity contribution in [2.24, 2.45) is 0 Å². The molecule has 1 saturated heterocycles. The number of hydrogen-bond donors (Lipinski definition) is 3. The van der Waals surface area contributed by atoms with Crippen molar-refractivity contribution in [3.05, 3.63) is 70.1 Å². The average Bonchev–Trinajstić information content (AvgIpc) is 3.32. The summed E-state index contributed by atoms with van der Waals surface area (Å²) in [5.41, 5.74) is 3.32. The molecule has 0 atom stereocenters. The Hall–Kier alpha value is -3.45. The minimum Gasteiger partial charge on any atom is -0.508 e. The Bertz CT molecular complexity index is 1170. The molecule has 3 N–H and O–H groups in total. The molecule has 1 aromatic heterocycles. The van der Waals surface area contributed by atoms with Crippen molar-refractivity contribution in [2.75, 3.05) is 26.2 Å². The quantitative estimate of drug-likeness (QED) is 0.498. The van der Waals surface area contributed by atoms with Gasteiger partial charge < -0.3 is 20.3 Å². The van der Waals surface area contributed by atoms with Gasteiger partial charge in [-0.3, -0.25) is 4.79 Å². The van der Waals surface area contributed by atoms with E-state index in [1.165, 1.54) is 12.8 Å². The van der Waals surface area contributed by atoms with E-state index in [9.17, 15) is 14.7 Å². The van der Waals surface area contributed by atoms with Crippen LogP contribution in [0.2, 0.25) is 0 Å². The fourth-order valence-corrected chi connectivity index (χ4v) is 4.02. The maximum absolute atomic E-state index is 12.6. The molecular formula is C25H28N4O3. The fourth-order valence-electron chi connectivity index (χ4n) is 4.02. The summed E-state index contributed by atoms with van der Waals surface area (Å²) in [6.07, 6.45) is 3.47. The van der Waals surface area contributed by atoms with Crippen LogP contribution in [0, 0.1) is 6.92 Å². The van der Waals surface area contributed by atoms with Gasteiger partial charge in [-0.1, -0.05) is 12.1 Å². The smallest absolute Gasteiger partial charge is 0.345 e. The second-order valence-corrected chi connectivity index (χ2v) is 8.23. The van der Waals surface area contributed by atoms with E-state index in [0.717, 1.165) is 37.2 Å². The van der Waals surface area contributed by atoms with Crippen LogP contribution in [0.15, 0.2) is 53.3 Å². The lowest BCUT2D eigenvalue weighted by Crippen LogP contribution is -2.28. The van der Waals surface area contributed by atoms with Gasteiger partial charge in [0, 0.05) is 17.7 Å². The van der Waals surface area contributed by atoms with Gasteiger partial charge in [0.05, 0.1) is 11.4 Å². The van der Waals surface area contributed by atoms with Gasteiger partial charge in [0.2, 0.25) is 0 Å². The highest BCUT2D eigenvalue weighted by Gasteiger charge is 2.12. The van der Waals surface area contributed by atoms with Crippen LogP contribution in [0.5, 0.6) is 5.75 Å². The van der Waals surface area contributed by atoms with Crippen LogP contribution in [0.25, 0.3) is 22.5 Å². The molecule has 166 valence electrons. The van der Waals surface area contributed by atoms with Gasteiger partial charge in [-0.05, 0) is 93.3 Å². The van der Waals surface area contributed by atoms with Crippen molar-refractivity contribution in [1.82, 2.24) is 20.2 Å². The van der Waals surface area contributed by atoms with Crippen molar-refractivity contribution in [2.45, 2.75) is 26.2 Å². The van der Waals surface area contributed by atoms with E-state index in [1.54, 1.807) is 49.4 Å². The Kier molecular flexibility index (Phi) is 6.66.